The Kier molecular flexibility index (Phi) is 4.08. The molecular formula is C16H18N6O2S. The van der Waals surface area contributed by atoms with Gasteiger partial charge in [-0.3, -0.25) is 9.59 Å². The van der Waals surface area contributed by atoms with Gasteiger partial charge < -0.3 is 9.88 Å². The number of piperidine rings is 1. The van der Waals surface area contributed by atoms with Crippen LogP contribution >= 0.6 is 11.3 Å². The molecule has 0 spiro atoms. The van der Waals surface area contributed by atoms with E-state index in [9.17, 15) is 9.59 Å². The van der Waals surface area contributed by atoms with Crippen molar-refractivity contribution in [2.24, 2.45) is 5.92 Å². The first-order valence-electron chi connectivity index (χ1n) is 8.24. The number of likely N-dealkylation sites (tertiary alicyclic amines) is 1. The van der Waals surface area contributed by atoms with Crippen LogP contribution in [-0.4, -0.2) is 48.9 Å². The molecule has 1 amide bonds. The minimum Gasteiger partial charge on any atom is -0.338 e. The number of H-pyrrole nitrogens is 1. The maximum atomic E-state index is 12.6. The third-order valence-corrected chi connectivity index (χ3v) is 5.32. The van der Waals surface area contributed by atoms with Gasteiger partial charge in [0.1, 0.15) is 5.82 Å². The molecule has 1 atom stereocenters. The first-order chi connectivity index (χ1) is 12.1. The Hall–Kier alpha value is -2.55. The van der Waals surface area contributed by atoms with E-state index < -0.39 is 0 Å². The van der Waals surface area contributed by atoms with Gasteiger partial charge in [-0.05, 0) is 37.1 Å². The number of nitrogens with zero attached hydrogens (tertiary/aromatic N) is 5. The van der Waals surface area contributed by atoms with E-state index in [1.165, 1.54) is 11.3 Å². The molecule has 130 valence electrons. The summed E-state index contributed by atoms with van der Waals surface area (Å²) in [6, 6.07) is 3.76. The molecule has 25 heavy (non-hydrogen) atoms. The number of amides is 1. The molecule has 0 saturated carbocycles. The zero-order valence-electron chi connectivity index (χ0n) is 13.8. The van der Waals surface area contributed by atoms with Crippen LogP contribution in [0.3, 0.4) is 0 Å². The largest absolute Gasteiger partial charge is 0.338 e. The average Bonchev–Trinajstić information content (AvgIpc) is 3.25. The third-order valence-electron chi connectivity index (χ3n) is 4.46. The summed E-state index contributed by atoms with van der Waals surface area (Å²) in [5.74, 6) is 0.900. The Morgan fingerprint density at radius 3 is 3.16 bits per heavy atom. The molecule has 1 saturated heterocycles. The number of rotatable bonds is 3. The Balaban J connectivity index is 1.53. The second-order valence-corrected chi connectivity index (χ2v) is 7.28. The molecule has 4 rings (SSSR count). The van der Waals surface area contributed by atoms with E-state index in [1.807, 2.05) is 22.4 Å². The summed E-state index contributed by atoms with van der Waals surface area (Å²) in [7, 11) is 0. The molecule has 3 aromatic heterocycles. The lowest BCUT2D eigenvalue weighted by Crippen LogP contribution is -2.41. The lowest BCUT2D eigenvalue weighted by atomic mass is 9.98. The van der Waals surface area contributed by atoms with Crippen LogP contribution in [0.25, 0.3) is 11.2 Å². The highest BCUT2D eigenvalue weighted by molar-refractivity contribution is 7.12. The smallest absolute Gasteiger partial charge is 0.281 e. The van der Waals surface area contributed by atoms with Crippen molar-refractivity contribution < 1.29 is 4.79 Å². The van der Waals surface area contributed by atoms with Crippen LogP contribution < -0.4 is 5.56 Å². The number of aromatic nitrogens is 5. The molecule has 0 bridgehead atoms. The number of hydrogen-bond acceptors (Lipinski definition) is 6. The Morgan fingerprint density at radius 2 is 2.36 bits per heavy atom. The molecule has 4 heterocycles. The van der Waals surface area contributed by atoms with Gasteiger partial charge in [0.2, 0.25) is 0 Å². The Morgan fingerprint density at radius 1 is 1.48 bits per heavy atom. The summed E-state index contributed by atoms with van der Waals surface area (Å²) >= 11 is 1.47. The van der Waals surface area contributed by atoms with E-state index in [0.717, 1.165) is 24.3 Å². The fourth-order valence-corrected chi connectivity index (χ4v) is 3.99. The number of aromatic amines is 1. The van der Waals surface area contributed by atoms with Gasteiger partial charge in [0.25, 0.3) is 11.5 Å². The Bertz CT molecular complexity index is 961. The van der Waals surface area contributed by atoms with E-state index in [1.54, 1.807) is 11.6 Å². The van der Waals surface area contributed by atoms with Crippen LogP contribution in [0, 0.1) is 12.8 Å². The van der Waals surface area contributed by atoms with Gasteiger partial charge in [-0.25, -0.2) is 9.67 Å². The number of carbonyl (C=O) groups excluding carboxylic acids is 1. The molecule has 1 aliphatic rings. The number of hydrogen-bond donors (Lipinski definition) is 1. The maximum absolute atomic E-state index is 12.6. The molecular weight excluding hydrogens is 340 g/mol. The van der Waals surface area contributed by atoms with Gasteiger partial charge in [0.15, 0.2) is 11.2 Å². The van der Waals surface area contributed by atoms with Crippen molar-refractivity contribution in [2.75, 3.05) is 13.1 Å². The number of thiophene rings is 1. The molecule has 1 N–H and O–H groups in total. The van der Waals surface area contributed by atoms with Gasteiger partial charge in [0.05, 0.1) is 4.88 Å². The molecule has 0 unspecified atom stereocenters. The summed E-state index contributed by atoms with van der Waals surface area (Å²) in [5.41, 5.74) is 0.489. The van der Waals surface area contributed by atoms with Gasteiger partial charge >= 0.3 is 0 Å². The van der Waals surface area contributed by atoms with Crippen molar-refractivity contribution >= 4 is 28.4 Å². The van der Waals surface area contributed by atoms with Crippen molar-refractivity contribution in [2.45, 2.75) is 26.3 Å². The maximum Gasteiger partial charge on any atom is 0.281 e. The molecule has 0 aliphatic carbocycles. The number of nitrogens with one attached hydrogen (secondary N) is 1. The standard InChI is InChI=1S/C16H18N6O2S/c1-10-17-14-13(15(23)18-10)19-20-22(14)9-11-4-2-6-21(8-11)16(24)12-5-3-7-25-12/h3,5,7,11H,2,4,6,8-9H2,1H3,(H,17,18,23)/t11-/m1/s1. The first kappa shape index (κ1) is 15.9. The molecule has 8 nitrogen and oxygen atoms in total. The van der Waals surface area contributed by atoms with Crippen molar-refractivity contribution in [1.82, 2.24) is 29.9 Å². The van der Waals surface area contributed by atoms with Crippen molar-refractivity contribution in [3.8, 4) is 0 Å². The normalized spacial score (nSPS) is 18.0. The molecule has 1 fully saturated rings. The highest BCUT2D eigenvalue weighted by Gasteiger charge is 2.26. The highest BCUT2D eigenvalue weighted by Crippen LogP contribution is 2.22. The summed E-state index contributed by atoms with van der Waals surface area (Å²) in [5, 5.41) is 9.96. The first-order valence-corrected chi connectivity index (χ1v) is 9.12. The van der Waals surface area contributed by atoms with Gasteiger partial charge in [-0.1, -0.05) is 11.3 Å². The zero-order valence-corrected chi connectivity index (χ0v) is 14.6. The van der Waals surface area contributed by atoms with Crippen LogP contribution in [0.15, 0.2) is 22.3 Å². The van der Waals surface area contributed by atoms with Crippen molar-refractivity contribution in [3.63, 3.8) is 0 Å². The fraction of sp³-hybridized carbons (Fsp3) is 0.438. The van der Waals surface area contributed by atoms with E-state index in [-0.39, 0.29) is 22.9 Å². The van der Waals surface area contributed by atoms with Gasteiger partial charge in [0, 0.05) is 19.6 Å². The van der Waals surface area contributed by atoms with E-state index >= 15 is 0 Å². The van der Waals surface area contributed by atoms with Crippen LogP contribution in [-0.2, 0) is 6.54 Å². The summed E-state index contributed by atoms with van der Waals surface area (Å²) < 4.78 is 1.68. The molecule has 1 aliphatic heterocycles. The molecule has 0 radical (unpaired) electrons. The minimum atomic E-state index is -0.271. The van der Waals surface area contributed by atoms with Crippen LogP contribution in [0.1, 0.15) is 28.3 Å². The van der Waals surface area contributed by atoms with Crippen LogP contribution in [0.4, 0.5) is 0 Å². The second kappa shape index (κ2) is 6.40. The highest BCUT2D eigenvalue weighted by atomic mass is 32.1. The predicted octanol–water partition coefficient (Wildman–Crippen LogP) is 1.44. The van der Waals surface area contributed by atoms with Crippen molar-refractivity contribution in [3.05, 3.63) is 38.6 Å². The second-order valence-electron chi connectivity index (χ2n) is 6.33. The minimum absolute atomic E-state index is 0.0913. The number of aryl methyl sites for hydroxylation is 1. The van der Waals surface area contributed by atoms with E-state index in [0.29, 0.717) is 24.6 Å². The summed E-state index contributed by atoms with van der Waals surface area (Å²) in [6.07, 6.45) is 1.97. The van der Waals surface area contributed by atoms with Gasteiger partial charge in [-0.2, -0.15) is 0 Å². The average molecular weight is 358 g/mol. The third kappa shape index (κ3) is 3.07. The number of fused-ring (bicyclic) bond motifs is 1. The quantitative estimate of drug-likeness (QED) is 0.764. The topological polar surface area (TPSA) is 96.8 Å². The summed E-state index contributed by atoms with van der Waals surface area (Å²) in [4.78, 5) is 34.1. The SMILES string of the molecule is Cc1nc2c(nnn2C[C@@H]2CCCN(C(=O)c3cccs3)C2)c(=O)[nH]1. The molecule has 3 aromatic rings. The zero-order chi connectivity index (χ0) is 17.4. The van der Waals surface area contributed by atoms with Crippen molar-refractivity contribution in [1.29, 1.82) is 0 Å². The van der Waals surface area contributed by atoms with E-state index in [2.05, 4.69) is 20.3 Å². The molecule has 0 aromatic carbocycles. The van der Waals surface area contributed by atoms with E-state index in [4.69, 9.17) is 0 Å². The monoisotopic (exact) mass is 358 g/mol. The molecule has 9 heteroatoms. The number of carbonyl (C=O) groups is 1. The summed E-state index contributed by atoms with van der Waals surface area (Å²) in [6.45, 7) is 3.80. The van der Waals surface area contributed by atoms with Crippen LogP contribution in [0.5, 0.6) is 0 Å². The fourth-order valence-electron chi connectivity index (χ4n) is 3.30. The predicted molar refractivity (Wildman–Crippen MR) is 93.6 cm³/mol. The Labute approximate surface area is 147 Å². The van der Waals surface area contributed by atoms with Crippen LogP contribution in [0.2, 0.25) is 0 Å². The van der Waals surface area contributed by atoms with Gasteiger partial charge in [-0.15, -0.1) is 16.4 Å². The lowest BCUT2D eigenvalue weighted by molar-refractivity contribution is 0.0665. The lowest BCUT2D eigenvalue weighted by Gasteiger charge is -2.32.